The van der Waals surface area contributed by atoms with Crippen molar-refractivity contribution >= 4 is 39.7 Å². The first kappa shape index (κ1) is 17.8. The molecule has 0 aliphatic carbocycles. The van der Waals surface area contributed by atoms with Crippen molar-refractivity contribution in [1.82, 2.24) is 5.01 Å². The van der Waals surface area contributed by atoms with Gasteiger partial charge in [0.2, 0.25) is 0 Å². The molecular weight excluding hydrogens is 391 g/mol. The summed E-state index contributed by atoms with van der Waals surface area (Å²) < 4.78 is 6.28. The number of hydrogen-bond donors (Lipinski definition) is 0. The van der Waals surface area contributed by atoms with Crippen LogP contribution in [0.4, 0.5) is 0 Å². The lowest BCUT2D eigenvalue weighted by molar-refractivity contribution is -0.0460. The molecule has 2 aliphatic rings. The van der Waals surface area contributed by atoms with E-state index in [1.165, 1.54) is 10.8 Å². The summed E-state index contributed by atoms with van der Waals surface area (Å²) in [6.45, 7) is 4.28. The Kier molecular flexibility index (Phi) is 4.26. The van der Waals surface area contributed by atoms with Crippen LogP contribution in [0.1, 0.15) is 37.4 Å². The SMILES string of the molecule is CC(C)[C@@H]1Oc2c(Cl)cc(Cl)cc2[C@H]2CC(c3ccc4ccccc4c3)=NN21. The van der Waals surface area contributed by atoms with Crippen LogP contribution in [0.25, 0.3) is 10.8 Å². The van der Waals surface area contributed by atoms with Crippen molar-refractivity contribution in [3.05, 3.63) is 75.8 Å². The van der Waals surface area contributed by atoms with Crippen LogP contribution in [0.2, 0.25) is 10.0 Å². The number of nitrogens with zero attached hydrogens (tertiary/aromatic N) is 2. The molecule has 0 amide bonds. The van der Waals surface area contributed by atoms with E-state index in [9.17, 15) is 0 Å². The van der Waals surface area contributed by atoms with Crippen LogP contribution in [0, 0.1) is 5.92 Å². The molecule has 5 rings (SSSR count). The minimum atomic E-state index is -0.158. The topological polar surface area (TPSA) is 24.8 Å². The maximum absolute atomic E-state index is 6.46. The van der Waals surface area contributed by atoms with Crippen LogP contribution in [0.5, 0.6) is 5.75 Å². The van der Waals surface area contributed by atoms with Crippen molar-refractivity contribution in [2.24, 2.45) is 11.0 Å². The first-order valence-electron chi connectivity index (χ1n) is 9.52. The molecule has 3 aromatic carbocycles. The van der Waals surface area contributed by atoms with Gasteiger partial charge in [0.05, 0.1) is 16.8 Å². The largest absolute Gasteiger partial charge is 0.467 e. The molecule has 0 saturated heterocycles. The van der Waals surface area contributed by atoms with Crippen molar-refractivity contribution in [2.75, 3.05) is 0 Å². The minimum Gasteiger partial charge on any atom is -0.467 e. The third-order valence-corrected chi connectivity index (χ3v) is 5.99. The molecule has 0 N–H and O–H groups in total. The van der Waals surface area contributed by atoms with Crippen molar-refractivity contribution in [3.8, 4) is 5.75 Å². The normalized spacial score (nSPS) is 20.8. The van der Waals surface area contributed by atoms with Gasteiger partial charge in [0.25, 0.3) is 0 Å². The fourth-order valence-electron chi connectivity index (χ4n) is 4.13. The monoisotopic (exact) mass is 410 g/mol. The van der Waals surface area contributed by atoms with Crippen molar-refractivity contribution < 1.29 is 4.74 Å². The number of benzene rings is 3. The zero-order valence-corrected chi connectivity index (χ0v) is 17.2. The van der Waals surface area contributed by atoms with E-state index < -0.39 is 0 Å². The summed E-state index contributed by atoms with van der Waals surface area (Å²) in [6.07, 6.45) is 0.642. The van der Waals surface area contributed by atoms with E-state index in [-0.39, 0.29) is 18.2 Å². The zero-order valence-electron chi connectivity index (χ0n) is 15.7. The molecule has 142 valence electrons. The maximum Gasteiger partial charge on any atom is 0.190 e. The maximum atomic E-state index is 6.46. The average Bonchev–Trinajstić information content (AvgIpc) is 3.12. The van der Waals surface area contributed by atoms with Crippen molar-refractivity contribution in [3.63, 3.8) is 0 Å². The zero-order chi connectivity index (χ0) is 19.4. The Morgan fingerprint density at radius 1 is 1.04 bits per heavy atom. The fraction of sp³-hybridized carbons (Fsp3) is 0.261. The Labute approximate surface area is 174 Å². The summed E-state index contributed by atoms with van der Waals surface area (Å²) in [5, 5.41) is 10.7. The summed E-state index contributed by atoms with van der Waals surface area (Å²) in [7, 11) is 0. The molecule has 5 heteroatoms. The van der Waals surface area contributed by atoms with Gasteiger partial charge in [-0.3, -0.25) is 0 Å². The second-order valence-electron chi connectivity index (χ2n) is 7.77. The van der Waals surface area contributed by atoms with Gasteiger partial charge in [-0.25, -0.2) is 5.01 Å². The molecule has 0 bridgehead atoms. The third-order valence-electron chi connectivity index (χ3n) is 5.49. The second-order valence-corrected chi connectivity index (χ2v) is 8.61. The lowest BCUT2D eigenvalue weighted by Gasteiger charge is -2.40. The highest BCUT2D eigenvalue weighted by Crippen LogP contribution is 2.48. The molecule has 0 radical (unpaired) electrons. The summed E-state index contributed by atoms with van der Waals surface area (Å²) >= 11 is 12.8. The molecule has 28 heavy (non-hydrogen) atoms. The van der Waals surface area contributed by atoms with Gasteiger partial charge in [-0.15, -0.1) is 0 Å². The highest BCUT2D eigenvalue weighted by Gasteiger charge is 2.42. The Bertz CT molecular complexity index is 1110. The number of hydrazone groups is 1. The molecule has 0 fully saturated rings. The molecule has 0 aromatic heterocycles. The second kappa shape index (κ2) is 6.68. The van der Waals surface area contributed by atoms with Crippen LogP contribution >= 0.6 is 23.2 Å². The van der Waals surface area contributed by atoms with Crippen molar-refractivity contribution in [2.45, 2.75) is 32.5 Å². The highest BCUT2D eigenvalue weighted by molar-refractivity contribution is 6.35. The van der Waals surface area contributed by atoms with Crippen LogP contribution in [0.15, 0.2) is 59.7 Å². The van der Waals surface area contributed by atoms with E-state index in [4.69, 9.17) is 33.0 Å². The number of ether oxygens (including phenoxy) is 1. The van der Waals surface area contributed by atoms with Crippen molar-refractivity contribution in [1.29, 1.82) is 0 Å². The first-order valence-corrected chi connectivity index (χ1v) is 10.3. The summed E-state index contributed by atoms with van der Waals surface area (Å²) in [5.41, 5.74) is 3.22. The van der Waals surface area contributed by atoms with E-state index in [2.05, 4.69) is 61.3 Å². The van der Waals surface area contributed by atoms with E-state index in [1.54, 1.807) is 6.07 Å². The van der Waals surface area contributed by atoms with Gasteiger partial charge < -0.3 is 4.74 Å². The number of hydrogen-bond acceptors (Lipinski definition) is 3. The Morgan fingerprint density at radius 2 is 1.82 bits per heavy atom. The van der Waals surface area contributed by atoms with Crippen LogP contribution < -0.4 is 4.74 Å². The standard InChI is InChI=1S/C23H20Cl2N2O/c1-13(2)23-27-21(18-10-17(24)11-19(25)22(18)28-23)12-20(26-27)16-8-7-14-5-3-4-6-15(14)9-16/h3-11,13,21,23H,12H2,1-2H3/t21-,23+/m1/s1. The highest BCUT2D eigenvalue weighted by atomic mass is 35.5. The molecule has 2 aliphatic heterocycles. The minimum absolute atomic E-state index is 0.0776. The molecule has 3 nitrogen and oxygen atoms in total. The van der Waals surface area contributed by atoms with Gasteiger partial charge in [-0.1, -0.05) is 73.4 Å². The number of rotatable bonds is 2. The van der Waals surface area contributed by atoms with Crippen LogP contribution in [0.3, 0.4) is 0 Å². The van der Waals surface area contributed by atoms with Gasteiger partial charge in [-0.05, 0) is 34.5 Å². The summed E-state index contributed by atoms with van der Waals surface area (Å²) in [6, 6.07) is 18.7. The van der Waals surface area contributed by atoms with Crippen LogP contribution in [-0.4, -0.2) is 16.9 Å². The molecule has 0 saturated carbocycles. The molecular formula is C23H20Cl2N2O. The quantitative estimate of drug-likeness (QED) is 0.470. The predicted octanol–water partition coefficient (Wildman–Crippen LogP) is 6.67. The number of halogens is 2. The van der Waals surface area contributed by atoms with Gasteiger partial charge in [0.1, 0.15) is 5.75 Å². The lowest BCUT2D eigenvalue weighted by atomic mass is 9.94. The fourth-order valence-corrected chi connectivity index (χ4v) is 4.68. The van der Waals surface area contributed by atoms with E-state index in [0.717, 1.165) is 29.0 Å². The molecule has 2 atom stereocenters. The molecule has 2 heterocycles. The van der Waals surface area contributed by atoms with Crippen LogP contribution in [-0.2, 0) is 0 Å². The predicted molar refractivity (Wildman–Crippen MR) is 115 cm³/mol. The first-order chi connectivity index (χ1) is 13.5. The molecule has 0 unspecified atom stereocenters. The van der Waals surface area contributed by atoms with Gasteiger partial charge >= 0.3 is 0 Å². The smallest absolute Gasteiger partial charge is 0.190 e. The third kappa shape index (κ3) is 2.85. The number of fused-ring (bicyclic) bond motifs is 4. The average molecular weight is 411 g/mol. The van der Waals surface area contributed by atoms with E-state index in [1.807, 2.05) is 6.07 Å². The van der Waals surface area contributed by atoms with Gasteiger partial charge in [-0.2, -0.15) is 5.10 Å². The summed E-state index contributed by atoms with van der Waals surface area (Å²) in [4.78, 5) is 0. The van der Waals surface area contributed by atoms with E-state index >= 15 is 0 Å². The van der Waals surface area contributed by atoms with E-state index in [0.29, 0.717) is 10.0 Å². The molecule has 3 aromatic rings. The van der Waals surface area contributed by atoms with Gasteiger partial charge in [0.15, 0.2) is 6.23 Å². The Balaban J connectivity index is 1.59. The Morgan fingerprint density at radius 3 is 2.61 bits per heavy atom. The molecule has 0 spiro atoms. The van der Waals surface area contributed by atoms with Gasteiger partial charge in [0, 0.05) is 22.9 Å². The lowest BCUT2D eigenvalue weighted by Crippen LogP contribution is -2.43. The summed E-state index contributed by atoms with van der Waals surface area (Å²) in [5.74, 6) is 1.00. The Hall–Kier alpha value is -2.23.